The van der Waals surface area contributed by atoms with Crippen LogP contribution in [0.15, 0.2) is 40.9 Å². The third kappa shape index (κ3) is 3.21. The van der Waals surface area contributed by atoms with Crippen LogP contribution in [0, 0.1) is 11.6 Å². The van der Waals surface area contributed by atoms with Gasteiger partial charge in [-0.25, -0.2) is 8.78 Å². The SMILES string of the molecule is Fc1ccc(NCc2ccc(Cl)c(Br)c2)c(F)c1. The van der Waals surface area contributed by atoms with Gasteiger partial charge in [-0.15, -0.1) is 0 Å². The van der Waals surface area contributed by atoms with E-state index in [0.29, 0.717) is 11.6 Å². The van der Waals surface area contributed by atoms with Crippen molar-refractivity contribution in [3.05, 3.63) is 63.1 Å². The summed E-state index contributed by atoms with van der Waals surface area (Å²) in [4.78, 5) is 0. The highest BCUT2D eigenvalue weighted by atomic mass is 79.9. The van der Waals surface area contributed by atoms with Crippen LogP contribution in [-0.4, -0.2) is 0 Å². The standard InChI is InChI=1S/C13H9BrClF2N/c14-10-5-8(1-3-11(10)15)7-18-13-4-2-9(16)6-12(13)17/h1-6,18H,7H2. The Balaban J connectivity index is 2.09. The molecule has 0 saturated carbocycles. The van der Waals surface area contributed by atoms with Gasteiger partial charge in [-0.05, 0) is 45.8 Å². The highest BCUT2D eigenvalue weighted by Crippen LogP contribution is 2.24. The minimum Gasteiger partial charge on any atom is -0.379 e. The third-order valence-corrected chi connectivity index (χ3v) is 3.61. The summed E-state index contributed by atoms with van der Waals surface area (Å²) in [6.45, 7) is 0.429. The molecule has 0 fully saturated rings. The summed E-state index contributed by atoms with van der Waals surface area (Å²) in [5, 5.41) is 3.51. The monoisotopic (exact) mass is 331 g/mol. The van der Waals surface area contributed by atoms with Gasteiger partial charge in [0.05, 0.1) is 10.7 Å². The molecule has 0 aliphatic carbocycles. The zero-order chi connectivity index (χ0) is 13.1. The van der Waals surface area contributed by atoms with E-state index >= 15 is 0 Å². The van der Waals surface area contributed by atoms with E-state index in [9.17, 15) is 8.78 Å². The predicted octanol–water partition coefficient (Wildman–Crippen LogP) is 4.99. The number of anilines is 1. The summed E-state index contributed by atoms with van der Waals surface area (Å²) >= 11 is 9.18. The molecule has 0 saturated heterocycles. The normalized spacial score (nSPS) is 10.4. The predicted molar refractivity (Wildman–Crippen MR) is 72.8 cm³/mol. The Morgan fingerprint density at radius 3 is 2.56 bits per heavy atom. The molecule has 2 rings (SSSR count). The van der Waals surface area contributed by atoms with Crippen LogP contribution in [-0.2, 0) is 6.54 Å². The number of rotatable bonds is 3. The van der Waals surface area contributed by atoms with Gasteiger partial charge in [0.1, 0.15) is 11.6 Å². The van der Waals surface area contributed by atoms with Crippen LogP contribution in [0.3, 0.4) is 0 Å². The van der Waals surface area contributed by atoms with Crippen LogP contribution in [0.4, 0.5) is 14.5 Å². The van der Waals surface area contributed by atoms with E-state index in [-0.39, 0.29) is 5.69 Å². The molecule has 0 radical (unpaired) electrons. The van der Waals surface area contributed by atoms with E-state index in [4.69, 9.17) is 11.6 Å². The summed E-state index contributed by atoms with van der Waals surface area (Å²) in [6, 6.07) is 8.86. The van der Waals surface area contributed by atoms with Crippen molar-refractivity contribution in [2.24, 2.45) is 0 Å². The third-order valence-electron chi connectivity index (χ3n) is 2.40. The lowest BCUT2D eigenvalue weighted by Crippen LogP contribution is -2.01. The molecule has 0 bridgehead atoms. The fourth-order valence-electron chi connectivity index (χ4n) is 1.48. The van der Waals surface area contributed by atoms with Gasteiger partial charge < -0.3 is 5.32 Å². The molecule has 2 aromatic carbocycles. The van der Waals surface area contributed by atoms with Crippen molar-refractivity contribution in [1.82, 2.24) is 0 Å². The molecule has 0 spiro atoms. The fourth-order valence-corrected chi connectivity index (χ4v) is 2.02. The molecule has 0 aliphatic rings. The van der Waals surface area contributed by atoms with Gasteiger partial charge in [0.2, 0.25) is 0 Å². The Morgan fingerprint density at radius 1 is 1.11 bits per heavy atom. The van der Waals surface area contributed by atoms with Crippen molar-refractivity contribution in [1.29, 1.82) is 0 Å². The Bertz CT molecular complexity index is 575. The highest BCUT2D eigenvalue weighted by Gasteiger charge is 2.04. The second-order valence-corrected chi connectivity index (χ2v) is 4.99. The zero-order valence-corrected chi connectivity index (χ0v) is 11.5. The van der Waals surface area contributed by atoms with Gasteiger partial charge in [-0.1, -0.05) is 17.7 Å². The highest BCUT2D eigenvalue weighted by molar-refractivity contribution is 9.10. The Labute approximate surface area is 117 Å². The van der Waals surface area contributed by atoms with Gasteiger partial charge >= 0.3 is 0 Å². The number of nitrogens with one attached hydrogen (secondary N) is 1. The molecule has 0 unspecified atom stereocenters. The Morgan fingerprint density at radius 2 is 1.89 bits per heavy atom. The maximum Gasteiger partial charge on any atom is 0.149 e. The largest absolute Gasteiger partial charge is 0.379 e. The molecule has 0 atom stereocenters. The lowest BCUT2D eigenvalue weighted by molar-refractivity contribution is 0.585. The maximum absolute atomic E-state index is 13.4. The van der Waals surface area contributed by atoms with Crippen LogP contribution in [0.1, 0.15) is 5.56 Å². The number of halogens is 4. The van der Waals surface area contributed by atoms with Crippen LogP contribution in [0.25, 0.3) is 0 Å². The summed E-state index contributed by atoms with van der Waals surface area (Å²) in [5.74, 6) is -1.20. The van der Waals surface area contributed by atoms with Gasteiger partial charge in [0, 0.05) is 17.1 Å². The van der Waals surface area contributed by atoms with E-state index in [1.807, 2.05) is 12.1 Å². The van der Waals surface area contributed by atoms with E-state index in [0.717, 1.165) is 16.1 Å². The lowest BCUT2D eigenvalue weighted by Gasteiger charge is -2.08. The first-order chi connectivity index (χ1) is 8.56. The lowest BCUT2D eigenvalue weighted by atomic mass is 10.2. The molecule has 0 heterocycles. The first-order valence-electron chi connectivity index (χ1n) is 5.19. The molecular formula is C13H9BrClF2N. The van der Waals surface area contributed by atoms with E-state index in [1.165, 1.54) is 12.1 Å². The number of hydrogen-bond donors (Lipinski definition) is 1. The van der Waals surface area contributed by atoms with Gasteiger partial charge in [0.25, 0.3) is 0 Å². The Hall–Kier alpha value is -1.13. The summed E-state index contributed by atoms with van der Waals surface area (Å²) in [6.07, 6.45) is 0. The van der Waals surface area contributed by atoms with Crippen LogP contribution in [0.2, 0.25) is 5.02 Å². The van der Waals surface area contributed by atoms with Gasteiger partial charge in [-0.3, -0.25) is 0 Å². The summed E-state index contributed by atoms with van der Waals surface area (Å²) < 4.78 is 26.9. The minimum atomic E-state index is -0.608. The average Bonchev–Trinajstić information content (AvgIpc) is 2.32. The molecule has 0 amide bonds. The van der Waals surface area contributed by atoms with Crippen molar-refractivity contribution in [3.8, 4) is 0 Å². The van der Waals surface area contributed by atoms with Crippen LogP contribution in [0.5, 0.6) is 0 Å². The Kier molecular flexibility index (Phi) is 4.19. The average molecular weight is 333 g/mol. The summed E-state index contributed by atoms with van der Waals surface area (Å²) in [5.41, 5.74) is 1.21. The molecular weight excluding hydrogens is 324 g/mol. The van der Waals surface area contributed by atoms with E-state index in [2.05, 4.69) is 21.2 Å². The number of benzene rings is 2. The molecule has 0 aromatic heterocycles. The van der Waals surface area contributed by atoms with Crippen molar-refractivity contribution in [2.45, 2.75) is 6.54 Å². The van der Waals surface area contributed by atoms with Crippen molar-refractivity contribution in [2.75, 3.05) is 5.32 Å². The molecule has 1 N–H and O–H groups in total. The second-order valence-electron chi connectivity index (χ2n) is 3.73. The zero-order valence-electron chi connectivity index (χ0n) is 9.18. The minimum absolute atomic E-state index is 0.266. The fraction of sp³-hybridized carbons (Fsp3) is 0.0769. The van der Waals surface area contributed by atoms with Crippen LogP contribution < -0.4 is 5.32 Å². The summed E-state index contributed by atoms with van der Waals surface area (Å²) in [7, 11) is 0. The molecule has 5 heteroatoms. The number of hydrogen-bond acceptors (Lipinski definition) is 1. The molecule has 0 aliphatic heterocycles. The van der Waals surface area contributed by atoms with Crippen molar-refractivity contribution >= 4 is 33.2 Å². The topological polar surface area (TPSA) is 12.0 Å². The molecule has 1 nitrogen and oxygen atoms in total. The first-order valence-corrected chi connectivity index (χ1v) is 6.36. The van der Waals surface area contributed by atoms with Gasteiger partial charge in [0.15, 0.2) is 0 Å². The quantitative estimate of drug-likeness (QED) is 0.834. The smallest absolute Gasteiger partial charge is 0.149 e. The second kappa shape index (κ2) is 5.67. The van der Waals surface area contributed by atoms with Crippen LogP contribution >= 0.6 is 27.5 Å². The van der Waals surface area contributed by atoms with E-state index < -0.39 is 11.6 Å². The molecule has 2 aromatic rings. The van der Waals surface area contributed by atoms with Crippen molar-refractivity contribution < 1.29 is 8.78 Å². The molecule has 94 valence electrons. The molecule has 18 heavy (non-hydrogen) atoms. The maximum atomic E-state index is 13.4. The van der Waals surface area contributed by atoms with Gasteiger partial charge in [-0.2, -0.15) is 0 Å². The van der Waals surface area contributed by atoms with E-state index in [1.54, 1.807) is 6.07 Å². The van der Waals surface area contributed by atoms with Crippen molar-refractivity contribution in [3.63, 3.8) is 0 Å². The first kappa shape index (κ1) is 13.3.